The van der Waals surface area contributed by atoms with Gasteiger partial charge in [0.15, 0.2) is 5.69 Å². The first-order valence-corrected chi connectivity index (χ1v) is 7.94. The maximum absolute atomic E-state index is 12.6. The topological polar surface area (TPSA) is 79.5 Å². The van der Waals surface area contributed by atoms with Crippen LogP contribution < -0.4 is 0 Å². The number of nitrogens with zero attached hydrogens (tertiary/aromatic N) is 7. The van der Waals surface area contributed by atoms with Crippen molar-refractivity contribution in [3.05, 3.63) is 11.4 Å². The summed E-state index contributed by atoms with van der Waals surface area (Å²) in [6.07, 6.45) is 1.90. The molecule has 8 nitrogen and oxygen atoms in total. The minimum absolute atomic E-state index is 0.0869. The van der Waals surface area contributed by atoms with Crippen LogP contribution >= 0.6 is 11.8 Å². The summed E-state index contributed by atoms with van der Waals surface area (Å²) >= 11 is 1.43. The molecule has 0 bridgehead atoms. The Labute approximate surface area is 126 Å². The van der Waals surface area contributed by atoms with Gasteiger partial charge in [-0.2, -0.15) is 9.50 Å². The van der Waals surface area contributed by atoms with Crippen LogP contribution in [0.15, 0.2) is 5.16 Å². The molecule has 2 aromatic heterocycles. The van der Waals surface area contributed by atoms with Gasteiger partial charge < -0.3 is 9.80 Å². The van der Waals surface area contributed by atoms with Crippen molar-refractivity contribution in [2.24, 2.45) is 0 Å². The SMILES string of the molecule is CSc1nc2nnc(C(=O)N3CCN(C)CC3)c(C)n2n1. The minimum atomic E-state index is -0.0869. The Hall–Kier alpha value is -1.74. The summed E-state index contributed by atoms with van der Waals surface area (Å²) in [7, 11) is 2.05. The molecular weight excluding hydrogens is 290 g/mol. The van der Waals surface area contributed by atoms with E-state index >= 15 is 0 Å². The molecule has 1 saturated heterocycles. The van der Waals surface area contributed by atoms with E-state index in [9.17, 15) is 4.79 Å². The molecule has 0 saturated carbocycles. The number of aryl methyl sites for hydroxylation is 1. The number of likely N-dealkylation sites (N-methyl/N-ethyl adjacent to an activating group) is 1. The summed E-state index contributed by atoms with van der Waals surface area (Å²) in [5, 5.41) is 13.0. The third-order valence-corrected chi connectivity index (χ3v) is 4.18. The summed E-state index contributed by atoms with van der Waals surface area (Å²) in [6, 6.07) is 0. The standard InChI is InChI=1S/C12H17N7OS/c1-8-9(10(20)18-6-4-17(2)5-7-18)14-15-11-13-12(21-3)16-19(8)11/h4-7H2,1-3H3. The zero-order valence-electron chi connectivity index (χ0n) is 12.3. The highest BCUT2D eigenvalue weighted by molar-refractivity contribution is 7.98. The monoisotopic (exact) mass is 307 g/mol. The molecule has 0 unspecified atom stereocenters. The molecule has 0 spiro atoms. The van der Waals surface area contributed by atoms with E-state index in [0.29, 0.717) is 35.4 Å². The molecule has 0 aliphatic carbocycles. The Morgan fingerprint density at radius 1 is 1.19 bits per heavy atom. The fourth-order valence-electron chi connectivity index (χ4n) is 2.29. The summed E-state index contributed by atoms with van der Waals surface area (Å²) in [4.78, 5) is 20.8. The Morgan fingerprint density at radius 2 is 1.90 bits per heavy atom. The highest BCUT2D eigenvalue weighted by atomic mass is 32.2. The van der Waals surface area contributed by atoms with E-state index in [1.165, 1.54) is 11.8 Å². The van der Waals surface area contributed by atoms with Crippen LogP contribution in [0.1, 0.15) is 16.2 Å². The van der Waals surface area contributed by atoms with Gasteiger partial charge in [0.25, 0.3) is 11.7 Å². The summed E-state index contributed by atoms with van der Waals surface area (Å²) in [5.41, 5.74) is 1.03. The molecule has 21 heavy (non-hydrogen) atoms. The van der Waals surface area contributed by atoms with Crippen molar-refractivity contribution < 1.29 is 4.79 Å². The van der Waals surface area contributed by atoms with Crippen LogP contribution in [0.5, 0.6) is 0 Å². The number of rotatable bonds is 2. The van der Waals surface area contributed by atoms with Crippen LogP contribution in [-0.2, 0) is 0 Å². The maximum Gasteiger partial charge on any atom is 0.276 e. The van der Waals surface area contributed by atoms with Crippen LogP contribution in [-0.4, -0.2) is 80.0 Å². The molecule has 1 amide bonds. The lowest BCUT2D eigenvalue weighted by Crippen LogP contribution is -2.47. The molecule has 2 aromatic rings. The first-order chi connectivity index (χ1) is 10.1. The lowest BCUT2D eigenvalue weighted by molar-refractivity contribution is 0.0655. The molecule has 1 aliphatic rings. The predicted molar refractivity (Wildman–Crippen MR) is 78.5 cm³/mol. The average Bonchev–Trinajstić information content (AvgIpc) is 2.92. The lowest BCUT2D eigenvalue weighted by Gasteiger charge is -2.32. The number of thioether (sulfide) groups is 1. The maximum atomic E-state index is 12.6. The van der Waals surface area contributed by atoms with Crippen molar-refractivity contribution in [2.75, 3.05) is 39.5 Å². The molecule has 0 atom stereocenters. The number of piperazine rings is 1. The zero-order valence-corrected chi connectivity index (χ0v) is 13.1. The van der Waals surface area contributed by atoms with E-state index in [0.717, 1.165) is 13.1 Å². The number of fused-ring (bicyclic) bond motifs is 1. The van der Waals surface area contributed by atoms with Gasteiger partial charge in [0.2, 0.25) is 5.16 Å². The van der Waals surface area contributed by atoms with Gasteiger partial charge >= 0.3 is 0 Å². The average molecular weight is 307 g/mol. The third kappa shape index (κ3) is 2.58. The van der Waals surface area contributed by atoms with Gasteiger partial charge in [0, 0.05) is 26.2 Å². The highest BCUT2D eigenvalue weighted by Gasteiger charge is 2.25. The normalized spacial score (nSPS) is 16.6. The van der Waals surface area contributed by atoms with Crippen molar-refractivity contribution in [1.82, 2.24) is 34.6 Å². The number of hydrogen-bond acceptors (Lipinski definition) is 7. The van der Waals surface area contributed by atoms with Crippen molar-refractivity contribution in [1.29, 1.82) is 0 Å². The van der Waals surface area contributed by atoms with Gasteiger partial charge in [-0.25, -0.2) is 0 Å². The fourth-order valence-corrected chi connectivity index (χ4v) is 2.62. The second-order valence-electron chi connectivity index (χ2n) is 5.04. The smallest absolute Gasteiger partial charge is 0.276 e. The molecule has 0 radical (unpaired) electrons. The molecule has 3 rings (SSSR count). The quantitative estimate of drug-likeness (QED) is 0.719. The summed E-state index contributed by atoms with van der Waals surface area (Å²) in [5.74, 6) is 0.336. The van der Waals surface area contributed by atoms with Crippen LogP contribution in [0.4, 0.5) is 0 Å². The largest absolute Gasteiger partial charge is 0.335 e. The minimum Gasteiger partial charge on any atom is -0.335 e. The number of amides is 1. The van der Waals surface area contributed by atoms with Crippen molar-refractivity contribution >= 4 is 23.4 Å². The second-order valence-corrected chi connectivity index (χ2v) is 5.81. The zero-order chi connectivity index (χ0) is 15.0. The van der Waals surface area contributed by atoms with E-state index in [2.05, 4.69) is 32.2 Å². The molecule has 1 fully saturated rings. The van der Waals surface area contributed by atoms with Gasteiger partial charge in [0.05, 0.1) is 5.69 Å². The highest BCUT2D eigenvalue weighted by Crippen LogP contribution is 2.14. The number of carbonyl (C=O) groups is 1. The summed E-state index contributed by atoms with van der Waals surface area (Å²) in [6.45, 7) is 4.99. The van der Waals surface area contributed by atoms with Crippen LogP contribution in [0, 0.1) is 6.92 Å². The Kier molecular flexibility index (Phi) is 3.77. The first-order valence-electron chi connectivity index (χ1n) is 6.72. The van der Waals surface area contributed by atoms with Crippen LogP contribution in [0.25, 0.3) is 5.78 Å². The fraction of sp³-hybridized carbons (Fsp3) is 0.583. The van der Waals surface area contributed by atoms with Crippen molar-refractivity contribution in [3.8, 4) is 0 Å². The molecule has 9 heteroatoms. The van der Waals surface area contributed by atoms with Gasteiger partial charge in [-0.05, 0) is 20.2 Å². The molecule has 0 aromatic carbocycles. The lowest BCUT2D eigenvalue weighted by atomic mass is 10.2. The second kappa shape index (κ2) is 5.57. The van der Waals surface area contributed by atoms with E-state index in [-0.39, 0.29) is 5.91 Å². The number of carbonyl (C=O) groups excluding carboxylic acids is 1. The van der Waals surface area contributed by atoms with Gasteiger partial charge in [-0.15, -0.1) is 15.3 Å². The van der Waals surface area contributed by atoms with Crippen LogP contribution in [0.2, 0.25) is 0 Å². The third-order valence-electron chi connectivity index (χ3n) is 3.65. The molecular formula is C12H17N7OS. The van der Waals surface area contributed by atoms with E-state index < -0.39 is 0 Å². The van der Waals surface area contributed by atoms with Crippen molar-refractivity contribution in [3.63, 3.8) is 0 Å². The number of hydrogen-bond donors (Lipinski definition) is 0. The van der Waals surface area contributed by atoms with Gasteiger partial charge in [-0.1, -0.05) is 11.8 Å². The van der Waals surface area contributed by atoms with Gasteiger partial charge in [0.1, 0.15) is 0 Å². The van der Waals surface area contributed by atoms with Gasteiger partial charge in [-0.3, -0.25) is 4.79 Å². The Bertz CT molecular complexity index is 678. The number of aromatic nitrogens is 5. The molecule has 112 valence electrons. The summed E-state index contributed by atoms with van der Waals surface area (Å²) < 4.78 is 1.59. The molecule has 3 heterocycles. The predicted octanol–water partition coefficient (Wildman–Crippen LogP) is -0.0628. The van der Waals surface area contributed by atoms with E-state index in [1.54, 1.807) is 4.52 Å². The Morgan fingerprint density at radius 3 is 2.57 bits per heavy atom. The Balaban J connectivity index is 1.92. The van der Waals surface area contributed by atoms with Crippen LogP contribution in [0.3, 0.4) is 0 Å². The van der Waals surface area contributed by atoms with E-state index in [1.807, 2.05) is 18.1 Å². The molecule has 1 aliphatic heterocycles. The van der Waals surface area contributed by atoms with E-state index in [4.69, 9.17) is 0 Å². The first kappa shape index (κ1) is 14.2. The molecule has 0 N–H and O–H groups in total. The van der Waals surface area contributed by atoms with Crippen molar-refractivity contribution in [2.45, 2.75) is 12.1 Å².